The molecule has 0 heterocycles. The maximum Gasteiger partial charge on any atom is 0.0818 e. The number of hydrogen-bond donors (Lipinski definition) is 3. The zero-order valence-electron chi connectivity index (χ0n) is 12.0. The van der Waals surface area contributed by atoms with Gasteiger partial charge in [0, 0.05) is 18.6 Å². The lowest BCUT2D eigenvalue weighted by Crippen LogP contribution is -2.46. The first-order valence-corrected chi connectivity index (χ1v) is 7.93. The summed E-state index contributed by atoms with van der Waals surface area (Å²) < 4.78 is 0. The van der Waals surface area contributed by atoms with Crippen molar-refractivity contribution in [2.45, 2.75) is 50.3 Å². The van der Waals surface area contributed by atoms with Gasteiger partial charge in [-0.2, -0.15) is 0 Å². The molecule has 1 aromatic carbocycles. The van der Waals surface area contributed by atoms with Gasteiger partial charge in [-0.15, -0.1) is 0 Å². The highest BCUT2D eigenvalue weighted by Crippen LogP contribution is 2.44. The molecule has 0 radical (unpaired) electrons. The molecule has 1 aromatic rings. The van der Waals surface area contributed by atoms with Crippen LogP contribution in [0.5, 0.6) is 0 Å². The molecule has 0 amide bonds. The molecule has 5 atom stereocenters. The SMILES string of the molecule is NC(Cc1ccccc1)C(O)CNC1CC2CCC1C2. The topological polar surface area (TPSA) is 58.3 Å². The summed E-state index contributed by atoms with van der Waals surface area (Å²) in [5.41, 5.74) is 7.31. The zero-order valence-corrected chi connectivity index (χ0v) is 12.0. The minimum absolute atomic E-state index is 0.191. The second-order valence-corrected chi connectivity index (χ2v) is 6.61. The van der Waals surface area contributed by atoms with Gasteiger partial charge in [0.25, 0.3) is 0 Å². The van der Waals surface area contributed by atoms with Crippen LogP contribution < -0.4 is 11.1 Å². The molecule has 4 N–H and O–H groups in total. The zero-order chi connectivity index (χ0) is 13.9. The number of hydrogen-bond acceptors (Lipinski definition) is 3. The predicted octanol–water partition coefficient (Wildman–Crippen LogP) is 1.70. The van der Waals surface area contributed by atoms with Crippen LogP contribution in [0.1, 0.15) is 31.2 Å². The first-order valence-electron chi connectivity index (χ1n) is 7.93. The third-order valence-electron chi connectivity index (χ3n) is 5.14. The fraction of sp³-hybridized carbons (Fsp3) is 0.647. The van der Waals surface area contributed by atoms with E-state index in [1.165, 1.54) is 31.2 Å². The quantitative estimate of drug-likeness (QED) is 0.740. The Hall–Kier alpha value is -0.900. The Kier molecular flexibility index (Phi) is 4.39. The van der Waals surface area contributed by atoms with Crippen molar-refractivity contribution in [3.05, 3.63) is 35.9 Å². The van der Waals surface area contributed by atoms with Crippen LogP contribution >= 0.6 is 0 Å². The van der Waals surface area contributed by atoms with Crippen LogP contribution in [-0.2, 0) is 6.42 Å². The van der Waals surface area contributed by atoms with Gasteiger partial charge >= 0.3 is 0 Å². The van der Waals surface area contributed by atoms with E-state index in [2.05, 4.69) is 17.4 Å². The van der Waals surface area contributed by atoms with Crippen LogP contribution in [-0.4, -0.2) is 29.8 Å². The molecule has 0 spiro atoms. The van der Waals surface area contributed by atoms with Gasteiger partial charge in [-0.1, -0.05) is 36.8 Å². The van der Waals surface area contributed by atoms with Crippen LogP contribution in [0.15, 0.2) is 30.3 Å². The molecule has 2 bridgehead atoms. The van der Waals surface area contributed by atoms with Crippen LogP contribution in [0, 0.1) is 11.8 Å². The smallest absolute Gasteiger partial charge is 0.0818 e. The average molecular weight is 274 g/mol. The highest BCUT2D eigenvalue weighted by molar-refractivity contribution is 5.16. The van der Waals surface area contributed by atoms with E-state index in [0.29, 0.717) is 12.6 Å². The number of aliphatic hydroxyl groups excluding tert-OH is 1. The van der Waals surface area contributed by atoms with Crippen molar-refractivity contribution in [3.63, 3.8) is 0 Å². The van der Waals surface area contributed by atoms with Gasteiger partial charge in [0.1, 0.15) is 0 Å². The van der Waals surface area contributed by atoms with Crippen LogP contribution in [0.3, 0.4) is 0 Å². The largest absolute Gasteiger partial charge is 0.390 e. The monoisotopic (exact) mass is 274 g/mol. The molecule has 0 aromatic heterocycles. The molecule has 5 unspecified atom stereocenters. The minimum Gasteiger partial charge on any atom is -0.390 e. The van der Waals surface area contributed by atoms with Crippen LogP contribution in [0.25, 0.3) is 0 Å². The molecular weight excluding hydrogens is 248 g/mol. The Bertz CT molecular complexity index is 422. The standard InChI is InChI=1S/C17H26N2O/c18-15(9-12-4-2-1-3-5-12)17(20)11-19-16-10-13-6-7-14(16)8-13/h1-5,13-17,19-20H,6-11,18H2. The van der Waals surface area contributed by atoms with Gasteiger partial charge in [-0.25, -0.2) is 0 Å². The van der Waals surface area contributed by atoms with Gasteiger partial charge in [0.2, 0.25) is 0 Å². The number of nitrogens with one attached hydrogen (secondary N) is 1. The highest BCUT2D eigenvalue weighted by Gasteiger charge is 2.39. The highest BCUT2D eigenvalue weighted by atomic mass is 16.3. The van der Waals surface area contributed by atoms with Crippen molar-refractivity contribution in [3.8, 4) is 0 Å². The van der Waals surface area contributed by atoms with Crippen molar-refractivity contribution in [1.29, 1.82) is 0 Å². The fourth-order valence-corrected chi connectivity index (χ4v) is 3.94. The first-order chi connectivity index (χ1) is 9.72. The normalized spacial score (nSPS) is 31.4. The van der Waals surface area contributed by atoms with E-state index >= 15 is 0 Å². The molecule has 2 saturated carbocycles. The van der Waals surface area contributed by atoms with Gasteiger partial charge in [-0.05, 0) is 43.1 Å². The number of rotatable bonds is 6. The molecular formula is C17H26N2O. The van der Waals surface area contributed by atoms with Crippen molar-refractivity contribution >= 4 is 0 Å². The van der Waals surface area contributed by atoms with E-state index in [1.54, 1.807) is 0 Å². The molecule has 0 aliphatic heterocycles. The Labute approximate surface area is 121 Å². The van der Waals surface area contributed by atoms with E-state index in [9.17, 15) is 5.11 Å². The number of aliphatic hydroxyl groups is 1. The number of benzene rings is 1. The van der Waals surface area contributed by atoms with E-state index in [0.717, 1.165) is 18.3 Å². The third-order valence-corrected chi connectivity index (χ3v) is 5.14. The molecule has 3 rings (SSSR count). The Balaban J connectivity index is 1.43. The molecule has 2 aliphatic carbocycles. The predicted molar refractivity (Wildman–Crippen MR) is 81.4 cm³/mol. The molecule has 20 heavy (non-hydrogen) atoms. The van der Waals surface area contributed by atoms with Crippen LogP contribution in [0.2, 0.25) is 0 Å². The van der Waals surface area contributed by atoms with Crippen molar-refractivity contribution < 1.29 is 5.11 Å². The molecule has 0 saturated heterocycles. The first kappa shape index (κ1) is 14.1. The summed E-state index contributed by atoms with van der Waals surface area (Å²) in [6.45, 7) is 0.627. The van der Waals surface area contributed by atoms with E-state index < -0.39 is 6.10 Å². The number of nitrogens with two attached hydrogens (primary N) is 1. The molecule has 2 fully saturated rings. The lowest BCUT2D eigenvalue weighted by molar-refractivity contribution is 0.133. The van der Waals surface area contributed by atoms with E-state index in [1.807, 2.05) is 18.2 Å². The minimum atomic E-state index is -0.464. The third kappa shape index (κ3) is 3.22. The average Bonchev–Trinajstić information content (AvgIpc) is 3.08. The van der Waals surface area contributed by atoms with Gasteiger partial charge < -0.3 is 16.2 Å². The second kappa shape index (κ2) is 6.25. The van der Waals surface area contributed by atoms with Gasteiger partial charge in [0.05, 0.1) is 6.10 Å². The molecule has 2 aliphatic rings. The lowest BCUT2D eigenvalue weighted by Gasteiger charge is -2.26. The van der Waals surface area contributed by atoms with E-state index in [4.69, 9.17) is 5.73 Å². The summed E-state index contributed by atoms with van der Waals surface area (Å²) in [6.07, 6.45) is 5.75. The molecule has 110 valence electrons. The summed E-state index contributed by atoms with van der Waals surface area (Å²) in [6, 6.07) is 10.6. The molecule has 3 nitrogen and oxygen atoms in total. The number of fused-ring (bicyclic) bond motifs is 2. The van der Waals surface area contributed by atoms with Crippen LogP contribution in [0.4, 0.5) is 0 Å². The Morgan fingerprint density at radius 3 is 2.65 bits per heavy atom. The maximum absolute atomic E-state index is 10.2. The summed E-state index contributed by atoms with van der Waals surface area (Å²) in [5, 5.41) is 13.8. The maximum atomic E-state index is 10.2. The van der Waals surface area contributed by atoms with Gasteiger partial charge in [0.15, 0.2) is 0 Å². The lowest BCUT2D eigenvalue weighted by atomic mass is 9.95. The van der Waals surface area contributed by atoms with Crippen molar-refractivity contribution in [1.82, 2.24) is 5.32 Å². The van der Waals surface area contributed by atoms with Gasteiger partial charge in [-0.3, -0.25) is 0 Å². The van der Waals surface area contributed by atoms with E-state index in [-0.39, 0.29) is 6.04 Å². The molecule has 3 heteroatoms. The van der Waals surface area contributed by atoms with Crippen molar-refractivity contribution in [2.24, 2.45) is 17.6 Å². The Morgan fingerprint density at radius 2 is 2.00 bits per heavy atom. The summed E-state index contributed by atoms with van der Waals surface area (Å²) in [4.78, 5) is 0. The second-order valence-electron chi connectivity index (χ2n) is 6.61. The summed E-state index contributed by atoms with van der Waals surface area (Å²) in [7, 11) is 0. The summed E-state index contributed by atoms with van der Waals surface area (Å²) in [5.74, 6) is 1.78. The van der Waals surface area contributed by atoms with Crippen molar-refractivity contribution in [2.75, 3.05) is 6.54 Å². The summed E-state index contributed by atoms with van der Waals surface area (Å²) >= 11 is 0. The Morgan fingerprint density at radius 1 is 1.20 bits per heavy atom. The fourth-order valence-electron chi connectivity index (χ4n) is 3.94.